The van der Waals surface area contributed by atoms with Crippen LogP contribution in [-0.2, 0) is 0 Å². The number of allylic oxidation sites excluding steroid dienone is 1. The molecule has 0 aliphatic heterocycles. The minimum Gasteiger partial charge on any atom is -0.393 e. The SMILES string of the molecule is C=C1CCC2(C)CCC3C4CCC(C(C)O)C4(C)CCC3C2(C)C1. The van der Waals surface area contributed by atoms with Gasteiger partial charge < -0.3 is 5.11 Å². The highest BCUT2D eigenvalue weighted by Gasteiger charge is 2.63. The molecule has 4 aliphatic carbocycles. The van der Waals surface area contributed by atoms with Gasteiger partial charge in [0.05, 0.1) is 6.10 Å². The highest BCUT2D eigenvalue weighted by Crippen LogP contribution is 2.71. The van der Waals surface area contributed by atoms with Crippen molar-refractivity contribution in [3.8, 4) is 0 Å². The molecule has 1 nitrogen and oxygen atoms in total. The van der Waals surface area contributed by atoms with E-state index in [2.05, 4.69) is 27.4 Å². The van der Waals surface area contributed by atoms with Crippen LogP contribution in [0.5, 0.6) is 0 Å². The van der Waals surface area contributed by atoms with Crippen molar-refractivity contribution in [2.75, 3.05) is 0 Å². The Labute approximate surface area is 149 Å². The molecule has 1 heteroatoms. The smallest absolute Gasteiger partial charge is 0.0545 e. The van der Waals surface area contributed by atoms with E-state index in [1.165, 1.54) is 63.4 Å². The first kappa shape index (κ1) is 17.1. The van der Waals surface area contributed by atoms with Crippen molar-refractivity contribution in [2.24, 2.45) is 39.9 Å². The summed E-state index contributed by atoms with van der Waals surface area (Å²) in [6.07, 6.45) is 12.0. The lowest BCUT2D eigenvalue weighted by atomic mass is 9.40. The van der Waals surface area contributed by atoms with Gasteiger partial charge in [0.1, 0.15) is 0 Å². The van der Waals surface area contributed by atoms with Gasteiger partial charge in [0.15, 0.2) is 0 Å². The molecule has 136 valence electrons. The second kappa shape index (κ2) is 5.35. The first-order chi connectivity index (χ1) is 11.2. The van der Waals surface area contributed by atoms with E-state index in [0.717, 1.165) is 17.8 Å². The van der Waals surface area contributed by atoms with Gasteiger partial charge in [0.2, 0.25) is 0 Å². The summed E-state index contributed by atoms with van der Waals surface area (Å²) in [5.74, 6) is 3.17. The van der Waals surface area contributed by atoms with Gasteiger partial charge in [-0.3, -0.25) is 0 Å². The fourth-order valence-corrected chi connectivity index (χ4v) is 8.35. The molecule has 1 N–H and O–H groups in total. The van der Waals surface area contributed by atoms with Crippen LogP contribution in [0.2, 0.25) is 0 Å². The highest BCUT2D eigenvalue weighted by molar-refractivity contribution is 5.17. The van der Waals surface area contributed by atoms with Gasteiger partial charge in [-0.1, -0.05) is 32.9 Å². The molecule has 8 unspecified atom stereocenters. The minimum absolute atomic E-state index is 0.129. The number of aliphatic hydroxyl groups excluding tert-OH is 1. The normalized spacial score (nSPS) is 55.5. The van der Waals surface area contributed by atoms with Crippen molar-refractivity contribution < 1.29 is 5.11 Å². The summed E-state index contributed by atoms with van der Waals surface area (Å²) >= 11 is 0. The lowest BCUT2D eigenvalue weighted by Crippen LogP contribution is -2.57. The Morgan fingerprint density at radius 1 is 1.00 bits per heavy atom. The van der Waals surface area contributed by atoms with Gasteiger partial charge in [0, 0.05) is 0 Å². The van der Waals surface area contributed by atoms with E-state index in [4.69, 9.17) is 0 Å². The molecule has 8 atom stereocenters. The van der Waals surface area contributed by atoms with Gasteiger partial charge in [-0.05, 0) is 105 Å². The summed E-state index contributed by atoms with van der Waals surface area (Å²) in [7, 11) is 0. The van der Waals surface area contributed by atoms with E-state index >= 15 is 0 Å². The summed E-state index contributed by atoms with van der Waals surface area (Å²) in [6, 6.07) is 0. The Kier molecular flexibility index (Phi) is 3.82. The van der Waals surface area contributed by atoms with E-state index in [1.807, 2.05) is 6.92 Å². The maximum atomic E-state index is 10.4. The molecule has 0 radical (unpaired) electrons. The van der Waals surface area contributed by atoms with Crippen molar-refractivity contribution in [3.63, 3.8) is 0 Å². The van der Waals surface area contributed by atoms with E-state index in [1.54, 1.807) is 0 Å². The maximum absolute atomic E-state index is 10.4. The molecule has 24 heavy (non-hydrogen) atoms. The van der Waals surface area contributed by atoms with E-state index < -0.39 is 0 Å². The third-order valence-corrected chi connectivity index (χ3v) is 9.97. The average Bonchev–Trinajstić information content (AvgIpc) is 2.86. The molecular weight excluding hydrogens is 292 g/mol. The molecule has 4 saturated carbocycles. The number of aliphatic hydroxyl groups is 1. The molecule has 0 aromatic rings. The molecule has 4 fully saturated rings. The summed E-state index contributed by atoms with van der Waals surface area (Å²) in [5.41, 5.74) is 2.91. The van der Waals surface area contributed by atoms with Gasteiger partial charge >= 0.3 is 0 Å². The van der Waals surface area contributed by atoms with Gasteiger partial charge in [-0.25, -0.2) is 0 Å². The summed E-state index contributed by atoms with van der Waals surface area (Å²) in [5, 5.41) is 10.4. The second-order valence-corrected chi connectivity index (χ2v) is 10.8. The van der Waals surface area contributed by atoms with Gasteiger partial charge in [0.25, 0.3) is 0 Å². The Morgan fingerprint density at radius 2 is 1.75 bits per heavy atom. The highest BCUT2D eigenvalue weighted by atomic mass is 16.3. The predicted octanol–water partition coefficient (Wildman–Crippen LogP) is 5.97. The van der Waals surface area contributed by atoms with E-state index in [-0.39, 0.29) is 6.10 Å². The molecule has 0 heterocycles. The van der Waals surface area contributed by atoms with Crippen molar-refractivity contribution >= 4 is 0 Å². The predicted molar refractivity (Wildman–Crippen MR) is 101 cm³/mol. The minimum atomic E-state index is -0.129. The molecule has 0 aromatic carbocycles. The third-order valence-electron chi connectivity index (χ3n) is 9.97. The van der Waals surface area contributed by atoms with Crippen LogP contribution in [-0.4, -0.2) is 11.2 Å². The number of fused-ring (bicyclic) bond motifs is 5. The van der Waals surface area contributed by atoms with Crippen LogP contribution < -0.4 is 0 Å². The Hall–Kier alpha value is -0.300. The Morgan fingerprint density at radius 3 is 2.46 bits per heavy atom. The van der Waals surface area contributed by atoms with Crippen molar-refractivity contribution in [1.82, 2.24) is 0 Å². The molecule has 0 saturated heterocycles. The third kappa shape index (κ3) is 2.09. The van der Waals surface area contributed by atoms with Crippen LogP contribution in [0.3, 0.4) is 0 Å². The quantitative estimate of drug-likeness (QED) is 0.587. The Bertz CT molecular complexity index is 536. The second-order valence-electron chi connectivity index (χ2n) is 10.8. The number of hydrogen-bond donors (Lipinski definition) is 1. The monoisotopic (exact) mass is 330 g/mol. The zero-order chi connectivity index (χ0) is 17.3. The molecule has 0 aromatic heterocycles. The van der Waals surface area contributed by atoms with Crippen molar-refractivity contribution in [1.29, 1.82) is 0 Å². The van der Waals surface area contributed by atoms with Crippen LogP contribution in [0.15, 0.2) is 12.2 Å². The van der Waals surface area contributed by atoms with Crippen molar-refractivity contribution in [3.05, 3.63) is 12.2 Å². The van der Waals surface area contributed by atoms with Crippen molar-refractivity contribution in [2.45, 2.75) is 91.6 Å². The Balaban J connectivity index is 1.67. The zero-order valence-corrected chi connectivity index (χ0v) is 16.4. The summed E-state index contributed by atoms with van der Waals surface area (Å²) < 4.78 is 0. The van der Waals surface area contributed by atoms with E-state index in [0.29, 0.717) is 22.2 Å². The first-order valence-electron chi connectivity index (χ1n) is 10.6. The largest absolute Gasteiger partial charge is 0.393 e. The molecule has 4 aliphatic rings. The molecule has 4 rings (SSSR count). The van der Waals surface area contributed by atoms with Gasteiger partial charge in [-0.2, -0.15) is 0 Å². The summed E-state index contributed by atoms with van der Waals surface area (Å²) in [6.45, 7) is 14.2. The molecule has 0 amide bonds. The standard InChI is InChI=1S/C23H38O/c1-15-8-11-21(3)12-9-17-19-7-6-18(16(2)24)22(19,4)13-10-20(17)23(21,5)14-15/h16-20,24H,1,6-14H2,2-5H3. The van der Waals surface area contributed by atoms with Crippen LogP contribution >= 0.6 is 0 Å². The van der Waals surface area contributed by atoms with Crippen LogP contribution in [0.1, 0.15) is 85.5 Å². The topological polar surface area (TPSA) is 20.2 Å². The van der Waals surface area contributed by atoms with Crippen LogP contribution in [0.4, 0.5) is 0 Å². The zero-order valence-electron chi connectivity index (χ0n) is 16.4. The van der Waals surface area contributed by atoms with Crippen LogP contribution in [0, 0.1) is 39.9 Å². The molecular formula is C23H38O. The molecule has 0 bridgehead atoms. The molecule has 0 spiro atoms. The average molecular weight is 331 g/mol. The number of hydrogen-bond acceptors (Lipinski definition) is 1. The lowest BCUT2D eigenvalue weighted by Gasteiger charge is -2.65. The van der Waals surface area contributed by atoms with E-state index in [9.17, 15) is 5.11 Å². The first-order valence-corrected chi connectivity index (χ1v) is 10.6. The van der Waals surface area contributed by atoms with Crippen LogP contribution in [0.25, 0.3) is 0 Å². The lowest BCUT2D eigenvalue weighted by molar-refractivity contribution is -0.148. The fraction of sp³-hybridized carbons (Fsp3) is 0.913. The summed E-state index contributed by atoms with van der Waals surface area (Å²) in [4.78, 5) is 0. The van der Waals surface area contributed by atoms with Gasteiger partial charge in [-0.15, -0.1) is 0 Å². The maximum Gasteiger partial charge on any atom is 0.0545 e. The number of rotatable bonds is 1. The fourth-order valence-electron chi connectivity index (χ4n) is 8.35.